The standard InChI is InChI=1S/C11H16FN3/c1-3-15(2)7-9-5-4-8(11(13)14)6-10(9)12/h4-6H,3,7H2,1-2H3,(H3,13,14). The van der Waals surface area contributed by atoms with Crippen molar-refractivity contribution in [1.29, 1.82) is 5.41 Å². The predicted octanol–water partition coefficient (Wildman–Crippen LogP) is 1.56. The number of hydrogen-bond acceptors (Lipinski definition) is 2. The molecule has 1 aromatic carbocycles. The molecule has 0 aliphatic carbocycles. The Morgan fingerprint density at radius 1 is 1.53 bits per heavy atom. The van der Waals surface area contributed by atoms with Crippen LogP contribution in [0.3, 0.4) is 0 Å². The Morgan fingerprint density at radius 2 is 2.20 bits per heavy atom. The summed E-state index contributed by atoms with van der Waals surface area (Å²) in [4.78, 5) is 2.01. The summed E-state index contributed by atoms with van der Waals surface area (Å²) in [7, 11) is 1.93. The number of nitrogen functional groups attached to an aromatic ring is 1. The van der Waals surface area contributed by atoms with Gasteiger partial charge in [0.05, 0.1) is 0 Å². The van der Waals surface area contributed by atoms with Gasteiger partial charge in [-0.3, -0.25) is 5.41 Å². The van der Waals surface area contributed by atoms with Gasteiger partial charge in [0.2, 0.25) is 0 Å². The molecule has 0 saturated carbocycles. The smallest absolute Gasteiger partial charge is 0.128 e. The van der Waals surface area contributed by atoms with Crippen LogP contribution in [0.15, 0.2) is 18.2 Å². The van der Waals surface area contributed by atoms with Crippen LogP contribution in [0, 0.1) is 11.2 Å². The van der Waals surface area contributed by atoms with Crippen molar-refractivity contribution in [1.82, 2.24) is 4.90 Å². The van der Waals surface area contributed by atoms with Crippen molar-refractivity contribution >= 4 is 5.84 Å². The largest absolute Gasteiger partial charge is 0.384 e. The topological polar surface area (TPSA) is 53.1 Å². The van der Waals surface area contributed by atoms with Crippen LogP contribution in [0.5, 0.6) is 0 Å². The summed E-state index contributed by atoms with van der Waals surface area (Å²) >= 11 is 0. The van der Waals surface area contributed by atoms with Crippen LogP contribution in [-0.2, 0) is 6.54 Å². The molecule has 0 aliphatic rings. The molecule has 3 N–H and O–H groups in total. The number of amidine groups is 1. The van der Waals surface area contributed by atoms with E-state index in [-0.39, 0.29) is 11.7 Å². The third-order valence-corrected chi connectivity index (χ3v) is 2.34. The Balaban J connectivity index is 2.88. The molecule has 1 rings (SSSR count). The molecule has 15 heavy (non-hydrogen) atoms. The molecule has 0 bridgehead atoms. The lowest BCUT2D eigenvalue weighted by Gasteiger charge is -2.14. The third kappa shape index (κ3) is 3.02. The minimum Gasteiger partial charge on any atom is -0.384 e. The number of nitrogens with two attached hydrogens (primary N) is 1. The van der Waals surface area contributed by atoms with Gasteiger partial charge in [-0.2, -0.15) is 0 Å². The Bertz CT molecular complexity index is 363. The van der Waals surface area contributed by atoms with Crippen molar-refractivity contribution in [2.75, 3.05) is 13.6 Å². The van der Waals surface area contributed by atoms with Crippen molar-refractivity contribution in [3.8, 4) is 0 Å². The van der Waals surface area contributed by atoms with Crippen LogP contribution < -0.4 is 5.73 Å². The maximum atomic E-state index is 13.5. The molecule has 0 unspecified atom stereocenters. The molecule has 1 aromatic rings. The molecular formula is C11H16FN3. The Morgan fingerprint density at radius 3 is 2.67 bits per heavy atom. The van der Waals surface area contributed by atoms with Gasteiger partial charge in [0.1, 0.15) is 11.7 Å². The Kier molecular flexibility index (Phi) is 3.80. The second-order valence-corrected chi connectivity index (χ2v) is 3.55. The van der Waals surface area contributed by atoms with E-state index >= 15 is 0 Å². The fourth-order valence-corrected chi connectivity index (χ4v) is 1.25. The van der Waals surface area contributed by atoms with E-state index in [0.29, 0.717) is 17.7 Å². The van der Waals surface area contributed by atoms with E-state index in [4.69, 9.17) is 11.1 Å². The number of nitrogens with zero attached hydrogens (tertiary/aromatic N) is 1. The average molecular weight is 209 g/mol. The first-order valence-corrected chi connectivity index (χ1v) is 4.86. The maximum Gasteiger partial charge on any atom is 0.128 e. The molecule has 0 radical (unpaired) electrons. The third-order valence-electron chi connectivity index (χ3n) is 2.34. The van der Waals surface area contributed by atoms with Gasteiger partial charge in [-0.05, 0) is 19.7 Å². The van der Waals surface area contributed by atoms with Crippen molar-refractivity contribution in [2.24, 2.45) is 5.73 Å². The average Bonchev–Trinajstić information content (AvgIpc) is 2.20. The first-order valence-electron chi connectivity index (χ1n) is 4.86. The zero-order valence-electron chi connectivity index (χ0n) is 9.05. The van der Waals surface area contributed by atoms with Crippen LogP contribution in [0.2, 0.25) is 0 Å². The summed E-state index contributed by atoms with van der Waals surface area (Å²) < 4.78 is 13.5. The van der Waals surface area contributed by atoms with Gasteiger partial charge < -0.3 is 10.6 Å². The molecule has 0 amide bonds. The van der Waals surface area contributed by atoms with E-state index < -0.39 is 0 Å². The molecule has 4 heteroatoms. The van der Waals surface area contributed by atoms with Crippen LogP contribution in [-0.4, -0.2) is 24.3 Å². The molecule has 0 saturated heterocycles. The Labute approximate surface area is 89.2 Å². The summed E-state index contributed by atoms with van der Waals surface area (Å²) in [5, 5.41) is 7.18. The van der Waals surface area contributed by atoms with E-state index in [1.54, 1.807) is 12.1 Å². The van der Waals surface area contributed by atoms with Crippen molar-refractivity contribution in [3.05, 3.63) is 35.1 Å². The monoisotopic (exact) mass is 209 g/mol. The molecule has 3 nitrogen and oxygen atoms in total. The molecule has 82 valence electrons. The van der Waals surface area contributed by atoms with Crippen LogP contribution in [0.4, 0.5) is 4.39 Å². The summed E-state index contributed by atoms with van der Waals surface area (Å²) in [6, 6.07) is 4.66. The van der Waals surface area contributed by atoms with Crippen molar-refractivity contribution in [2.45, 2.75) is 13.5 Å². The van der Waals surface area contributed by atoms with E-state index in [1.165, 1.54) is 6.07 Å². The minimum absolute atomic E-state index is 0.107. The fraction of sp³-hybridized carbons (Fsp3) is 0.364. The molecule has 0 aliphatic heterocycles. The van der Waals surface area contributed by atoms with Crippen LogP contribution in [0.25, 0.3) is 0 Å². The first kappa shape index (κ1) is 11.7. The minimum atomic E-state index is -0.303. The highest BCUT2D eigenvalue weighted by molar-refractivity contribution is 5.94. The highest BCUT2D eigenvalue weighted by atomic mass is 19.1. The number of halogens is 1. The highest BCUT2D eigenvalue weighted by Gasteiger charge is 2.06. The van der Waals surface area contributed by atoms with Gasteiger partial charge in [-0.25, -0.2) is 4.39 Å². The first-order chi connectivity index (χ1) is 7.04. The second kappa shape index (κ2) is 4.89. The molecular weight excluding hydrogens is 193 g/mol. The lowest BCUT2D eigenvalue weighted by Crippen LogP contribution is -2.18. The number of benzene rings is 1. The zero-order valence-corrected chi connectivity index (χ0v) is 9.05. The van der Waals surface area contributed by atoms with Crippen molar-refractivity contribution in [3.63, 3.8) is 0 Å². The number of nitrogens with one attached hydrogen (secondary N) is 1. The lowest BCUT2D eigenvalue weighted by atomic mass is 10.1. The SMILES string of the molecule is CCN(C)Cc1ccc(C(=N)N)cc1F. The van der Waals surface area contributed by atoms with Gasteiger partial charge in [-0.15, -0.1) is 0 Å². The van der Waals surface area contributed by atoms with Gasteiger partial charge in [-0.1, -0.05) is 19.1 Å². The number of hydrogen-bond donors (Lipinski definition) is 2. The van der Waals surface area contributed by atoms with Gasteiger partial charge >= 0.3 is 0 Å². The van der Waals surface area contributed by atoms with Gasteiger partial charge in [0.15, 0.2) is 0 Å². The molecule has 0 heterocycles. The summed E-state index contributed by atoms with van der Waals surface area (Å²) in [5.41, 5.74) is 6.32. The quantitative estimate of drug-likeness (QED) is 0.584. The van der Waals surface area contributed by atoms with E-state index in [0.717, 1.165) is 6.54 Å². The summed E-state index contributed by atoms with van der Waals surface area (Å²) in [6.07, 6.45) is 0. The Hall–Kier alpha value is -1.42. The molecule has 0 atom stereocenters. The second-order valence-electron chi connectivity index (χ2n) is 3.55. The zero-order chi connectivity index (χ0) is 11.4. The highest BCUT2D eigenvalue weighted by Crippen LogP contribution is 2.11. The fourth-order valence-electron chi connectivity index (χ4n) is 1.25. The van der Waals surface area contributed by atoms with Crippen LogP contribution in [0.1, 0.15) is 18.1 Å². The van der Waals surface area contributed by atoms with E-state index in [2.05, 4.69) is 0 Å². The summed E-state index contributed by atoms with van der Waals surface area (Å²) in [6.45, 7) is 3.45. The van der Waals surface area contributed by atoms with E-state index in [9.17, 15) is 4.39 Å². The normalized spacial score (nSPS) is 10.7. The molecule has 0 fully saturated rings. The van der Waals surface area contributed by atoms with E-state index in [1.807, 2.05) is 18.9 Å². The molecule has 0 spiro atoms. The summed E-state index contributed by atoms with van der Waals surface area (Å²) in [5.74, 6) is -0.410. The molecule has 0 aromatic heterocycles. The van der Waals surface area contributed by atoms with Gasteiger partial charge in [0, 0.05) is 17.7 Å². The lowest BCUT2D eigenvalue weighted by molar-refractivity contribution is 0.339. The van der Waals surface area contributed by atoms with Crippen LogP contribution >= 0.6 is 0 Å². The van der Waals surface area contributed by atoms with Crippen molar-refractivity contribution < 1.29 is 4.39 Å². The van der Waals surface area contributed by atoms with Gasteiger partial charge in [0.25, 0.3) is 0 Å². The maximum absolute atomic E-state index is 13.5. The number of rotatable bonds is 4. The predicted molar refractivity (Wildman–Crippen MR) is 59.4 cm³/mol.